The highest BCUT2D eigenvalue weighted by molar-refractivity contribution is 6.28. The van der Waals surface area contributed by atoms with E-state index in [-0.39, 0.29) is 11.3 Å². The number of nitrogens with zero attached hydrogens (tertiary/aromatic N) is 4. The summed E-state index contributed by atoms with van der Waals surface area (Å²) in [6, 6.07) is 19.7. The van der Waals surface area contributed by atoms with Crippen LogP contribution in [-0.4, -0.2) is 50.6 Å². The van der Waals surface area contributed by atoms with Gasteiger partial charge in [0, 0.05) is 37.9 Å². The van der Waals surface area contributed by atoms with Crippen molar-refractivity contribution in [3.05, 3.63) is 83.3 Å². The molecular formula is C22H21ClN4O2. The summed E-state index contributed by atoms with van der Waals surface area (Å²) in [5.41, 5.74) is 3.93. The second kappa shape index (κ2) is 8.59. The zero-order chi connectivity index (χ0) is 20.2. The summed E-state index contributed by atoms with van der Waals surface area (Å²) in [6.07, 6.45) is 0.772. The Balaban J connectivity index is 1.53. The van der Waals surface area contributed by atoms with Crippen LogP contribution in [0, 0.1) is 0 Å². The zero-order valence-corrected chi connectivity index (χ0v) is 16.5. The minimum atomic E-state index is -0.874. The Morgan fingerprint density at radius 2 is 1.93 bits per heavy atom. The number of hydrogen-bond acceptors (Lipinski definition) is 4. The predicted octanol–water partition coefficient (Wildman–Crippen LogP) is 4.33. The third kappa shape index (κ3) is 4.55. The lowest BCUT2D eigenvalue weighted by molar-refractivity contribution is 0.0641. The first-order valence-corrected chi connectivity index (χ1v) is 9.82. The van der Waals surface area contributed by atoms with Crippen LogP contribution in [-0.2, 0) is 6.54 Å². The van der Waals surface area contributed by atoms with Gasteiger partial charge in [-0.25, -0.2) is 14.8 Å². The number of carbonyl (C=O) groups is 1. The van der Waals surface area contributed by atoms with Crippen molar-refractivity contribution in [3.63, 3.8) is 0 Å². The van der Waals surface area contributed by atoms with Crippen LogP contribution in [0.3, 0.4) is 0 Å². The van der Waals surface area contributed by atoms with Gasteiger partial charge in [-0.15, -0.1) is 0 Å². The number of hydrogen-bond donors (Lipinski definition) is 1. The van der Waals surface area contributed by atoms with E-state index in [9.17, 15) is 9.90 Å². The maximum Gasteiger partial charge on any atom is 0.407 e. The van der Waals surface area contributed by atoms with Gasteiger partial charge in [0.15, 0.2) is 0 Å². The fraction of sp³-hybridized carbons (Fsp3) is 0.227. The minimum absolute atomic E-state index is 0.175. The van der Waals surface area contributed by atoms with E-state index >= 15 is 0 Å². The first kappa shape index (κ1) is 19.4. The quantitative estimate of drug-likeness (QED) is 0.650. The van der Waals surface area contributed by atoms with Crippen molar-refractivity contribution in [1.29, 1.82) is 0 Å². The molecule has 1 atom stereocenters. The van der Waals surface area contributed by atoms with Crippen molar-refractivity contribution >= 4 is 17.7 Å². The SMILES string of the molecule is O=C(O)N1CCN(Cc2cccc(-c3ccnc(Cl)n3)c2)CC1c1ccccc1. The molecule has 0 spiro atoms. The van der Waals surface area contributed by atoms with Gasteiger partial charge in [0.2, 0.25) is 5.28 Å². The van der Waals surface area contributed by atoms with E-state index in [0.717, 1.165) is 28.9 Å². The first-order chi connectivity index (χ1) is 14.1. The van der Waals surface area contributed by atoms with Gasteiger partial charge < -0.3 is 5.11 Å². The van der Waals surface area contributed by atoms with Gasteiger partial charge in [-0.1, -0.05) is 48.5 Å². The lowest BCUT2D eigenvalue weighted by Gasteiger charge is -2.40. The molecule has 2 aromatic carbocycles. The van der Waals surface area contributed by atoms with Crippen LogP contribution in [0.5, 0.6) is 0 Å². The van der Waals surface area contributed by atoms with E-state index < -0.39 is 6.09 Å². The molecule has 148 valence electrons. The van der Waals surface area contributed by atoms with E-state index in [2.05, 4.69) is 27.0 Å². The van der Waals surface area contributed by atoms with Crippen LogP contribution >= 0.6 is 11.6 Å². The van der Waals surface area contributed by atoms with E-state index in [0.29, 0.717) is 19.6 Å². The highest BCUT2D eigenvalue weighted by Gasteiger charge is 2.31. The molecule has 1 aliphatic heterocycles. The number of carboxylic acid groups (broad SMARTS) is 1. The maximum atomic E-state index is 11.7. The Morgan fingerprint density at radius 3 is 2.69 bits per heavy atom. The number of aromatic nitrogens is 2. The average Bonchev–Trinajstić information content (AvgIpc) is 2.74. The van der Waals surface area contributed by atoms with Gasteiger partial charge >= 0.3 is 6.09 Å². The van der Waals surface area contributed by atoms with Crippen molar-refractivity contribution in [2.24, 2.45) is 0 Å². The topological polar surface area (TPSA) is 69.6 Å². The molecule has 1 aromatic heterocycles. The summed E-state index contributed by atoms with van der Waals surface area (Å²) in [5, 5.41) is 9.84. The van der Waals surface area contributed by atoms with Crippen molar-refractivity contribution in [3.8, 4) is 11.3 Å². The van der Waals surface area contributed by atoms with Crippen molar-refractivity contribution in [2.45, 2.75) is 12.6 Å². The molecule has 0 saturated carbocycles. The lowest BCUT2D eigenvalue weighted by atomic mass is 10.0. The van der Waals surface area contributed by atoms with Crippen LogP contribution in [0.2, 0.25) is 5.28 Å². The molecule has 3 aromatic rings. The van der Waals surface area contributed by atoms with E-state index in [1.54, 1.807) is 6.20 Å². The second-order valence-electron chi connectivity index (χ2n) is 7.05. The molecular weight excluding hydrogens is 388 g/mol. The van der Waals surface area contributed by atoms with Crippen LogP contribution in [0.4, 0.5) is 4.79 Å². The summed E-state index contributed by atoms with van der Waals surface area (Å²) < 4.78 is 0. The van der Waals surface area contributed by atoms with Crippen molar-refractivity contribution < 1.29 is 9.90 Å². The third-order valence-corrected chi connectivity index (χ3v) is 5.33. The molecule has 0 aliphatic carbocycles. The standard InChI is InChI=1S/C22H21ClN4O2/c23-21-24-10-9-19(25-21)18-8-4-5-16(13-18)14-26-11-12-27(22(28)29)20(15-26)17-6-2-1-3-7-17/h1-10,13,20H,11-12,14-15H2,(H,28,29). The molecule has 1 fully saturated rings. The Hall–Kier alpha value is -2.96. The zero-order valence-electron chi connectivity index (χ0n) is 15.8. The monoisotopic (exact) mass is 408 g/mol. The highest BCUT2D eigenvalue weighted by Crippen LogP contribution is 2.27. The van der Waals surface area contributed by atoms with Gasteiger partial charge in [-0.2, -0.15) is 0 Å². The molecule has 0 radical (unpaired) electrons. The van der Waals surface area contributed by atoms with Gasteiger partial charge in [-0.05, 0) is 34.9 Å². The summed E-state index contributed by atoms with van der Waals surface area (Å²) in [6.45, 7) is 2.57. The molecule has 0 bridgehead atoms. The van der Waals surface area contributed by atoms with E-state index in [1.165, 1.54) is 4.90 Å². The number of benzene rings is 2. The van der Waals surface area contributed by atoms with Crippen LogP contribution in [0.25, 0.3) is 11.3 Å². The third-order valence-electron chi connectivity index (χ3n) is 5.15. The lowest BCUT2D eigenvalue weighted by Crippen LogP contribution is -2.49. The van der Waals surface area contributed by atoms with Gasteiger partial charge in [-0.3, -0.25) is 9.80 Å². The first-order valence-electron chi connectivity index (χ1n) is 9.45. The fourth-order valence-electron chi connectivity index (χ4n) is 3.76. The second-order valence-corrected chi connectivity index (χ2v) is 7.39. The van der Waals surface area contributed by atoms with Gasteiger partial charge in [0.05, 0.1) is 11.7 Å². The Kier molecular flexibility index (Phi) is 5.74. The Bertz CT molecular complexity index is 999. The van der Waals surface area contributed by atoms with Crippen LogP contribution < -0.4 is 0 Å². The van der Waals surface area contributed by atoms with Gasteiger partial charge in [0.25, 0.3) is 0 Å². The molecule has 6 nitrogen and oxygen atoms in total. The largest absolute Gasteiger partial charge is 0.465 e. The summed E-state index contributed by atoms with van der Waals surface area (Å²) in [7, 11) is 0. The van der Waals surface area contributed by atoms with E-state index in [4.69, 9.17) is 11.6 Å². The predicted molar refractivity (Wildman–Crippen MR) is 112 cm³/mol. The molecule has 2 heterocycles. The highest BCUT2D eigenvalue weighted by atomic mass is 35.5. The molecule has 1 aliphatic rings. The molecule has 4 rings (SSSR count). The van der Waals surface area contributed by atoms with Crippen molar-refractivity contribution in [2.75, 3.05) is 19.6 Å². The number of halogens is 1. The normalized spacial score (nSPS) is 17.3. The molecule has 1 N–H and O–H groups in total. The Morgan fingerprint density at radius 1 is 1.10 bits per heavy atom. The minimum Gasteiger partial charge on any atom is -0.465 e. The molecule has 1 saturated heterocycles. The number of amides is 1. The summed E-state index contributed by atoms with van der Waals surface area (Å²) >= 11 is 5.92. The average molecular weight is 409 g/mol. The van der Waals surface area contributed by atoms with Gasteiger partial charge in [0.1, 0.15) is 0 Å². The molecule has 1 unspecified atom stereocenters. The smallest absolute Gasteiger partial charge is 0.407 e. The number of rotatable bonds is 4. The maximum absolute atomic E-state index is 11.7. The van der Waals surface area contributed by atoms with E-state index in [1.807, 2.05) is 48.5 Å². The molecule has 29 heavy (non-hydrogen) atoms. The molecule has 1 amide bonds. The van der Waals surface area contributed by atoms with Crippen molar-refractivity contribution in [1.82, 2.24) is 19.8 Å². The number of piperazine rings is 1. The Labute approximate surface area is 174 Å². The van der Waals surface area contributed by atoms with Crippen LogP contribution in [0.15, 0.2) is 66.9 Å². The van der Waals surface area contributed by atoms with Crippen LogP contribution in [0.1, 0.15) is 17.2 Å². The summed E-state index contributed by atoms with van der Waals surface area (Å²) in [4.78, 5) is 23.8. The molecule has 7 heteroatoms. The fourth-order valence-corrected chi connectivity index (χ4v) is 3.90. The summed E-state index contributed by atoms with van der Waals surface area (Å²) in [5.74, 6) is 0.